The maximum atomic E-state index is 9.30. The van der Waals surface area contributed by atoms with Crippen LogP contribution < -0.4 is 10.6 Å². The number of nitrogens with zero attached hydrogens (tertiary/aromatic N) is 2. The first-order chi connectivity index (χ1) is 14.2. The normalized spacial score (nSPS) is 17.1. The van der Waals surface area contributed by atoms with Crippen LogP contribution in [0.2, 0.25) is 5.02 Å². The predicted octanol–water partition coefficient (Wildman–Crippen LogP) is 3.69. The lowest BCUT2D eigenvalue weighted by Gasteiger charge is -2.35. The van der Waals surface area contributed by atoms with Crippen LogP contribution in [0.3, 0.4) is 0 Å². The number of hydrogen-bond donors (Lipinski definition) is 3. The van der Waals surface area contributed by atoms with Gasteiger partial charge in [-0.3, -0.25) is 9.89 Å². The van der Waals surface area contributed by atoms with Crippen LogP contribution in [0.4, 0.5) is 0 Å². The van der Waals surface area contributed by atoms with E-state index in [4.69, 9.17) is 21.3 Å². The molecule has 172 valence electrons. The zero-order valence-corrected chi connectivity index (χ0v) is 21.4. The summed E-state index contributed by atoms with van der Waals surface area (Å²) in [4.78, 5) is 7.21. The Hall–Kier alpha value is -0.610. The third-order valence-electron chi connectivity index (χ3n) is 5.30. The molecule has 1 aromatic carbocycles. The minimum Gasteiger partial charge on any atom is -0.396 e. The van der Waals surface area contributed by atoms with Crippen molar-refractivity contribution in [1.82, 2.24) is 15.5 Å². The van der Waals surface area contributed by atoms with E-state index in [1.54, 1.807) is 0 Å². The summed E-state index contributed by atoms with van der Waals surface area (Å²) in [6.07, 6.45) is 2.99. The molecule has 3 N–H and O–H groups in total. The Morgan fingerprint density at radius 1 is 1.20 bits per heavy atom. The van der Waals surface area contributed by atoms with E-state index < -0.39 is 0 Å². The summed E-state index contributed by atoms with van der Waals surface area (Å²) in [7, 11) is 0. The number of halogens is 2. The van der Waals surface area contributed by atoms with E-state index in [0.29, 0.717) is 12.5 Å². The van der Waals surface area contributed by atoms with Gasteiger partial charge < -0.3 is 20.5 Å². The Morgan fingerprint density at radius 2 is 1.93 bits per heavy atom. The van der Waals surface area contributed by atoms with Crippen molar-refractivity contribution in [3.63, 3.8) is 0 Å². The quantitative estimate of drug-likeness (QED) is 0.222. The largest absolute Gasteiger partial charge is 0.396 e. The van der Waals surface area contributed by atoms with Crippen LogP contribution in [0.25, 0.3) is 0 Å². The molecule has 0 spiro atoms. The van der Waals surface area contributed by atoms with Gasteiger partial charge in [-0.25, -0.2) is 0 Å². The van der Waals surface area contributed by atoms with Gasteiger partial charge >= 0.3 is 0 Å². The second kappa shape index (κ2) is 16.1. The molecule has 8 heteroatoms. The lowest BCUT2D eigenvalue weighted by Crippen LogP contribution is -2.46. The smallest absolute Gasteiger partial charge is 0.191 e. The molecule has 0 aromatic heterocycles. The number of nitrogens with one attached hydrogen (secondary N) is 2. The number of morpholine rings is 1. The standard InChI is InChI=1S/C22H37ClN4O2.HI/c1-3-7-18(10-13-28)16-25-22(24-4-2)26-17-21(27-11-14-29-15-12-27)19-8-5-6-9-20(19)23;/h5-6,8-9,18,21,28H,3-4,7,10-17H2,1-2H3,(H2,24,25,26);1H. The first-order valence-corrected chi connectivity index (χ1v) is 11.3. The zero-order chi connectivity index (χ0) is 20.9. The number of aliphatic imine (C=N–C) groups is 1. The van der Waals surface area contributed by atoms with Crippen molar-refractivity contribution in [2.24, 2.45) is 10.9 Å². The van der Waals surface area contributed by atoms with Crippen LogP contribution in [0.15, 0.2) is 29.3 Å². The van der Waals surface area contributed by atoms with Gasteiger partial charge in [0.25, 0.3) is 0 Å². The molecular formula is C22H38ClIN4O2. The zero-order valence-electron chi connectivity index (χ0n) is 18.3. The molecule has 2 atom stereocenters. The van der Waals surface area contributed by atoms with E-state index in [2.05, 4.69) is 35.4 Å². The minimum atomic E-state index is 0. The maximum absolute atomic E-state index is 9.30. The lowest BCUT2D eigenvalue weighted by molar-refractivity contribution is 0.0170. The van der Waals surface area contributed by atoms with E-state index in [-0.39, 0.29) is 36.6 Å². The molecule has 1 aliphatic heterocycles. The molecular weight excluding hydrogens is 515 g/mol. The van der Waals surface area contributed by atoms with Crippen LogP contribution in [0, 0.1) is 5.92 Å². The number of rotatable bonds is 11. The van der Waals surface area contributed by atoms with Gasteiger partial charge in [0.2, 0.25) is 0 Å². The highest BCUT2D eigenvalue weighted by molar-refractivity contribution is 14.0. The second-order valence-corrected chi connectivity index (χ2v) is 7.86. The molecule has 1 saturated heterocycles. The predicted molar refractivity (Wildman–Crippen MR) is 136 cm³/mol. The van der Waals surface area contributed by atoms with Gasteiger partial charge in [0.1, 0.15) is 0 Å². The van der Waals surface area contributed by atoms with Gasteiger partial charge in [-0.2, -0.15) is 0 Å². The van der Waals surface area contributed by atoms with Gasteiger partial charge in [-0.15, -0.1) is 24.0 Å². The number of aliphatic hydroxyl groups excluding tert-OH is 1. The topological polar surface area (TPSA) is 69.1 Å². The van der Waals surface area contributed by atoms with Crippen LogP contribution in [0.1, 0.15) is 44.7 Å². The average Bonchev–Trinajstić information content (AvgIpc) is 2.74. The monoisotopic (exact) mass is 552 g/mol. The third-order valence-corrected chi connectivity index (χ3v) is 5.64. The van der Waals surface area contributed by atoms with Crippen molar-refractivity contribution in [3.05, 3.63) is 34.9 Å². The molecule has 0 saturated carbocycles. The van der Waals surface area contributed by atoms with Crippen LogP contribution in [0.5, 0.6) is 0 Å². The number of ether oxygens (including phenoxy) is 1. The molecule has 0 bridgehead atoms. The molecule has 0 amide bonds. The maximum Gasteiger partial charge on any atom is 0.191 e. The summed E-state index contributed by atoms with van der Waals surface area (Å²) in [5.74, 6) is 1.23. The molecule has 1 aliphatic rings. The molecule has 1 heterocycles. The fourth-order valence-electron chi connectivity index (χ4n) is 3.74. The van der Waals surface area contributed by atoms with Crippen molar-refractivity contribution < 1.29 is 9.84 Å². The molecule has 2 unspecified atom stereocenters. The SMILES string of the molecule is CCCC(CCO)CN=C(NCC)NCC(c1ccccc1Cl)N1CCOCC1.I. The number of hydrogen-bond acceptors (Lipinski definition) is 4. The number of guanidine groups is 1. The Kier molecular flexibility index (Phi) is 14.7. The summed E-state index contributed by atoms with van der Waals surface area (Å²) in [5.41, 5.74) is 1.13. The first-order valence-electron chi connectivity index (χ1n) is 10.9. The summed E-state index contributed by atoms with van der Waals surface area (Å²) in [6, 6.07) is 8.22. The van der Waals surface area contributed by atoms with Crippen LogP contribution in [-0.4, -0.2) is 68.5 Å². The lowest BCUT2D eigenvalue weighted by atomic mass is 10.0. The number of benzene rings is 1. The van der Waals surface area contributed by atoms with Gasteiger partial charge in [0.05, 0.1) is 19.3 Å². The third kappa shape index (κ3) is 9.26. The molecule has 0 radical (unpaired) electrons. The molecule has 30 heavy (non-hydrogen) atoms. The van der Waals surface area contributed by atoms with Gasteiger partial charge in [0, 0.05) is 44.4 Å². The Morgan fingerprint density at radius 3 is 2.57 bits per heavy atom. The highest BCUT2D eigenvalue weighted by Crippen LogP contribution is 2.27. The Labute approximate surface area is 203 Å². The summed E-state index contributed by atoms with van der Waals surface area (Å²) in [5, 5.41) is 17.0. The van der Waals surface area contributed by atoms with Gasteiger partial charge in [-0.05, 0) is 37.3 Å². The van der Waals surface area contributed by atoms with Crippen molar-refractivity contribution >= 4 is 41.5 Å². The summed E-state index contributed by atoms with van der Waals surface area (Å²) < 4.78 is 5.54. The van der Waals surface area contributed by atoms with Crippen LogP contribution in [-0.2, 0) is 4.74 Å². The Bertz CT molecular complexity index is 609. The van der Waals surface area contributed by atoms with Crippen molar-refractivity contribution in [3.8, 4) is 0 Å². The van der Waals surface area contributed by atoms with Gasteiger partial charge in [-0.1, -0.05) is 43.1 Å². The first kappa shape index (κ1) is 27.4. The second-order valence-electron chi connectivity index (χ2n) is 7.45. The average molecular weight is 553 g/mol. The van der Waals surface area contributed by atoms with E-state index in [1.807, 2.05) is 18.2 Å². The molecule has 6 nitrogen and oxygen atoms in total. The van der Waals surface area contributed by atoms with E-state index in [1.165, 1.54) is 0 Å². The van der Waals surface area contributed by atoms with Crippen molar-refractivity contribution in [2.45, 2.75) is 39.2 Å². The molecule has 1 fully saturated rings. The Balaban J connectivity index is 0.00000450. The summed E-state index contributed by atoms with van der Waals surface area (Å²) in [6.45, 7) is 9.97. The van der Waals surface area contributed by atoms with Crippen molar-refractivity contribution in [2.75, 3.05) is 52.5 Å². The highest BCUT2D eigenvalue weighted by atomic mass is 127. The summed E-state index contributed by atoms with van der Waals surface area (Å²) >= 11 is 6.53. The van der Waals surface area contributed by atoms with E-state index in [0.717, 1.165) is 75.2 Å². The fraction of sp³-hybridized carbons (Fsp3) is 0.682. The van der Waals surface area contributed by atoms with Gasteiger partial charge in [0.15, 0.2) is 5.96 Å². The van der Waals surface area contributed by atoms with E-state index in [9.17, 15) is 5.11 Å². The van der Waals surface area contributed by atoms with Crippen molar-refractivity contribution in [1.29, 1.82) is 0 Å². The molecule has 0 aliphatic carbocycles. The minimum absolute atomic E-state index is 0. The van der Waals surface area contributed by atoms with E-state index >= 15 is 0 Å². The fourth-order valence-corrected chi connectivity index (χ4v) is 4.01. The molecule has 1 aromatic rings. The molecule has 2 rings (SSSR count). The number of aliphatic hydroxyl groups is 1. The van der Waals surface area contributed by atoms with Crippen LogP contribution >= 0.6 is 35.6 Å². The highest BCUT2D eigenvalue weighted by Gasteiger charge is 2.24.